The van der Waals surface area contributed by atoms with E-state index in [1.165, 1.54) is 11.1 Å². The van der Waals surface area contributed by atoms with E-state index >= 15 is 0 Å². The molecule has 4 heteroatoms. The number of hydrogen-bond donors (Lipinski definition) is 1. The summed E-state index contributed by atoms with van der Waals surface area (Å²) in [5.41, 5.74) is 2.57. The minimum atomic E-state index is 0.838. The fourth-order valence-electron chi connectivity index (χ4n) is 2.16. The maximum absolute atomic E-state index is 4.62. The van der Waals surface area contributed by atoms with Crippen LogP contribution >= 0.6 is 0 Å². The zero-order valence-electron chi connectivity index (χ0n) is 13.3. The fraction of sp³-hybridized carbons (Fsp3) is 0.412. The highest BCUT2D eigenvalue weighted by atomic mass is 15.2. The van der Waals surface area contributed by atoms with Crippen molar-refractivity contribution in [3.8, 4) is 0 Å². The number of hydrogen-bond acceptors (Lipinski definition) is 4. The second-order valence-corrected chi connectivity index (χ2v) is 5.25. The molecule has 0 saturated carbocycles. The van der Waals surface area contributed by atoms with Gasteiger partial charge in [0.15, 0.2) is 0 Å². The Hall–Kier alpha value is -2.10. The molecule has 0 unspecified atom stereocenters. The van der Waals surface area contributed by atoms with E-state index < -0.39 is 0 Å². The predicted molar refractivity (Wildman–Crippen MR) is 88.9 cm³/mol. The van der Waals surface area contributed by atoms with Gasteiger partial charge in [0.1, 0.15) is 17.5 Å². The molecule has 1 aromatic heterocycles. The molecule has 0 fully saturated rings. The third kappa shape index (κ3) is 4.18. The summed E-state index contributed by atoms with van der Waals surface area (Å²) in [5, 5.41) is 3.27. The van der Waals surface area contributed by atoms with E-state index in [4.69, 9.17) is 0 Å². The minimum absolute atomic E-state index is 0.838. The topological polar surface area (TPSA) is 41.0 Å². The molecule has 0 amide bonds. The van der Waals surface area contributed by atoms with Crippen molar-refractivity contribution in [2.45, 2.75) is 33.7 Å². The Labute approximate surface area is 127 Å². The van der Waals surface area contributed by atoms with Crippen LogP contribution in [-0.4, -0.2) is 23.6 Å². The van der Waals surface area contributed by atoms with E-state index in [1.54, 1.807) is 0 Å². The molecule has 0 bridgehead atoms. The molecule has 0 saturated heterocycles. The van der Waals surface area contributed by atoms with Gasteiger partial charge in [-0.15, -0.1) is 0 Å². The minimum Gasteiger partial charge on any atom is -0.370 e. The molecule has 4 nitrogen and oxygen atoms in total. The van der Waals surface area contributed by atoms with E-state index in [-0.39, 0.29) is 0 Å². The zero-order valence-corrected chi connectivity index (χ0v) is 13.3. The molecule has 0 aliphatic heterocycles. The maximum atomic E-state index is 4.62. The molecule has 2 rings (SSSR count). The standard InChI is InChI=1S/C17H24N4/c1-5-15-19-16(18-6-2)11-17(20-15)21(4)12-14-9-7-13(3)8-10-14/h7-11H,5-6,12H2,1-4H3,(H,18,19,20). The van der Waals surface area contributed by atoms with Gasteiger partial charge >= 0.3 is 0 Å². The lowest BCUT2D eigenvalue weighted by Crippen LogP contribution is -2.19. The fourth-order valence-corrected chi connectivity index (χ4v) is 2.16. The molecule has 21 heavy (non-hydrogen) atoms. The van der Waals surface area contributed by atoms with E-state index in [9.17, 15) is 0 Å². The summed E-state index contributed by atoms with van der Waals surface area (Å²) in [5.74, 6) is 2.73. The summed E-state index contributed by atoms with van der Waals surface area (Å²) in [6, 6.07) is 10.6. The third-order valence-electron chi connectivity index (χ3n) is 3.36. The van der Waals surface area contributed by atoms with Crippen LogP contribution in [-0.2, 0) is 13.0 Å². The number of aryl methyl sites for hydroxylation is 2. The highest BCUT2D eigenvalue weighted by molar-refractivity contribution is 5.49. The zero-order chi connectivity index (χ0) is 15.2. The number of aromatic nitrogens is 2. The Bertz CT molecular complexity index is 578. The lowest BCUT2D eigenvalue weighted by molar-refractivity contribution is 0.858. The Kier molecular flexibility index (Phi) is 5.14. The van der Waals surface area contributed by atoms with E-state index in [0.717, 1.165) is 37.0 Å². The van der Waals surface area contributed by atoms with Crippen molar-refractivity contribution >= 4 is 11.6 Å². The first kappa shape index (κ1) is 15.3. The first-order chi connectivity index (χ1) is 10.1. The van der Waals surface area contributed by atoms with Crippen molar-refractivity contribution in [2.75, 3.05) is 23.8 Å². The van der Waals surface area contributed by atoms with Crippen LogP contribution in [0.3, 0.4) is 0 Å². The quantitative estimate of drug-likeness (QED) is 0.882. The van der Waals surface area contributed by atoms with Crippen LogP contribution in [0.5, 0.6) is 0 Å². The van der Waals surface area contributed by atoms with E-state index in [0.29, 0.717) is 0 Å². The van der Waals surface area contributed by atoms with E-state index in [1.807, 2.05) is 6.07 Å². The van der Waals surface area contributed by atoms with Crippen LogP contribution in [0.2, 0.25) is 0 Å². The van der Waals surface area contributed by atoms with Gasteiger partial charge in [-0.3, -0.25) is 0 Å². The van der Waals surface area contributed by atoms with Crippen LogP contribution in [0, 0.1) is 6.92 Å². The van der Waals surface area contributed by atoms with Crippen molar-refractivity contribution in [1.29, 1.82) is 0 Å². The average Bonchev–Trinajstić information content (AvgIpc) is 2.49. The molecule has 0 radical (unpaired) electrons. The number of nitrogens with one attached hydrogen (secondary N) is 1. The first-order valence-corrected chi connectivity index (χ1v) is 7.51. The van der Waals surface area contributed by atoms with Gasteiger partial charge < -0.3 is 10.2 Å². The first-order valence-electron chi connectivity index (χ1n) is 7.51. The van der Waals surface area contributed by atoms with Crippen molar-refractivity contribution < 1.29 is 0 Å². The number of anilines is 2. The molecule has 0 aliphatic rings. The van der Waals surface area contributed by atoms with Gasteiger partial charge in [0, 0.05) is 32.6 Å². The highest BCUT2D eigenvalue weighted by Gasteiger charge is 2.08. The largest absolute Gasteiger partial charge is 0.370 e. The molecule has 0 spiro atoms. The molecular formula is C17H24N4. The Morgan fingerprint density at radius 1 is 1.10 bits per heavy atom. The molecule has 1 N–H and O–H groups in total. The molecule has 0 atom stereocenters. The molecular weight excluding hydrogens is 260 g/mol. The van der Waals surface area contributed by atoms with Crippen LogP contribution in [0.15, 0.2) is 30.3 Å². The summed E-state index contributed by atoms with van der Waals surface area (Å²) in [6.07, 6.45) is 0.838. The van der Waals surface area contributed by atoms with Crippen LogP contribution in [0.4, 0.5) is 11.6 Å². The summed E-state index contributed by atoms with van der Waals surface area (Å²) in [6.45, 7) is 7.96. The number of benzene rings is 1. The van der Waals surface area contributed by atoms with Crippen LogP contribution in [0.25, 0.3) is 0 Å². The summed E-state index contributed by atoms with van der Waals surface area (Å²) in [7, 11) is 2.07. The van der Waals surface area contributed by atoms with Crippen LogP contribution in [0.1, 0.15) is 30.8 Å². The third-order valence-corrected chi connectivity index (χ3v) is 3.36. The van der Waals surface area contributed by atoms with Gasteiger partial charge in [0.05, 0.1) is 0 Å². The molecule has 2 aromatic rings. The van der Waals surface area contributed by atoms with Crippen molar-refractivity contribution in [1.82, 2.24) is 9.97 Å². The number of rotatable bonds is 6. The lowest BCUT2D eigenvalue weighted by atomic mass is 10.1. The second-order valence-electron chi connectivity index (χ2n) is 5.25. The summed E-state index contributed by atoms with van der Waals surface area (Å²) >= 11 is 0. The summed E-state index contributed by atoms with van der Waals surface area (Å²) < 4.78 is 0. The Morgan fingerprint density at radius 3 is 2.43 bits per heavy atom. The molecule has 1 heterocycles. The molecule has 1 aromatic carbocycles. The maximum Gasteiger partial charge on any atom is 0.134 e. The van der Waals surface area contributed by atoms with Gasteiger partial charge in [0.2, 0.25) is 0 Å². The highest BCUT2D eigenvalue weighted by Crippen LogP contribution is 2.17. The summed E-state index contributed by atoms with van der Waals surface area (Å²) in [4.78, 5) is 11.3. The van der Waals surface area contributed by atoms with Gasteiger partial charge in [-0.05, 0) is 19.4 Å². The van der Waals surface area contributed by atoms with E-state index in [2.05, 4.69) is 72.3 Å². The number of nitrogens with zero attached hydrogens (tertiary/aromatic N) is 3. The van der Waals surface area contributed by atoms with Crippen molar-refractivity contribution in [3.05, 3.63) is 47.3 Å². The average molecular weight is 284 g/mol. The molecule has 112 valence electrons. The Balaban J connectivity index is 2.19. The van der Waals surface area contributed by atoms with Crippen molar-refractivity contribution in [3.63, 3.8) is 0 Å². The van der Waals surface area contributed by atoms with Gasteiger partial charge in [0.25, 0.3) is 0 Å². The second kappa shape index (κ2) is 7.07. The molecule has 0 aliphatic carbocycles. The van der Waals surface area contributed by atoms with Gasteiger partial charge in [-0.25, -0.2) is 9.97 Å². The Morgan fingerprint density at radius 2 is 1.81 bits per heavy atom. The van der Waals surface area contributed by atoms with Gasteiger partial charge in [-0.2, -0.15) is 0 Å². The van der Waals surface area contributed by atoms with Crippen LogP contribution < -0.4 is 10.2 Å². The normalized spacial score (nSPS) is 10.5. The monoisotopic (exact) mass is 284 g/mol. The van der Waals surface area contributed by atoms with Crippen molar-refractivity contribution in [2.24, 2.45) is 0 Å². The smallest absolute Gasteiger partial charge is 0.134 e. The van der Waals surface area contributed by atoms with Gasteiger partial charge in [-0.1, -0.05) is 36.8 Å². The lowest BCUT2D eigenvalue weighted by Gasteiger charge is -2.20. The predicted octanol–water partition coefficient (Wildman–Crippen LogP) is 3.42. The SMILES string of the molecule is CCNc1cc(N(C)Cc2ccc(C)cc2)nc(CC)n1.